The number of nitrogens with zero attached hydrogens (tertiary/aromatic N) is 4. The molecule has 86 valence electrons. The molecule has 3 rings (SSSR count). The van der Waals surface area contributed by atoms with Crippen molar-refractivity contribution in [3.8, 4) is 10.6 Å². The van der Waals surface area contributed by atoms with Crippen LogP contribution in [0, 0.1) is 0 Å². The highest BCUT2D eigenvalue weighted by Gasteiger charge is 2.13. The van der Waals surface area contributed by atoms with E-state index >= 15 is 0 Å². The number of aromatic nitrogens is 4. The van der Waals surface area contributed by atoms with Crippen LogP contribution < -0.4 is 10.9 Å². The Morgan fingerprint density at radius 2 is 2.29 bits per heavy atom. The lowest BCUT2D eigenvalue weighted by atomic mass is 10.4. The van der Waals surface area contributed by atoms with E-state index in [-0.39, 0.29) is 5.56 Å². The van der Waals surface area contributed by atoms with Crippen molar-refractivity contribution >= 4 is 32.8 Å². The molecule has 0 atom stereocenters. The molecule has 8 heteroatoms. The van der Waals surface area contributed by atoms with Crippen LogP contribution in [-0.2, 0) is 0 Å². The Labute approximate surface area is 104 Å². The highest BCUT2D eigenvalue weighted by molar-refractivity contribution is 7.20. The smallest absolute Gasteiger partial charge is 0.302 e. The van der Waals surface area contributed by atoms with Crippen LogP contribution in [0.5, 0.6) is 0 Å². The minimum Gasteiger partial charge on any atom is -0.363 e. The van der Waals surface area contributed by atoms with Crippen molar-refractivity contribution in [3.05, 3.63) is 27.9 Å². The number of fused-ring (bicyclic) bond motifs is 1. The molecular weight excluding hydrogens is 258 g/mol. The molecule has 0 aliphatic rings. The summed E-state index contributed by atoms with van der Waals surface area (Å²) in [6.07, 6.45) is 0. The van der Waals surface area contributed by atoms with Crippen molar-refractivity contribution in [3.63, 3.8) is 0 Å². The van der Waals surface area contributed by atoms with Crippen LogP contribution in [0.4, 0.5) is 5.13 Å². The predicted molar refractivity (Wildman–Crippen MR) is 67.8 cm³/mol. The summed E-state index contributed by atoms with van der Waals surface area (Å²) in [7, 11) is 1.75. The number of hydrogen-bond acceptors (Lipinski definition) is 7. The van der Waals surface area contributed by atoms with Crippen molar-refractivity contribution in [2.24, 2.45) is 0 Å². The third-order valence-electron chi connectivity index (χ3n) is 2.16. The van der Waals surface area contributed by atoms with Gasteiger partial charge < -0.3 is 5.32 Å². The van der Waals surface area contributed by atoms with Gasteiger partial charge in [0.25, 0.3) is 0 Å². The van der Waals surface area contributed by atoms with Crippen LogP contribution in [0.1, 0.15) is 0 Å². The molecule has 0 amide bonds. The van der Waals surface area contributed by atoms with E-state index in [2.05, 4.69) is 20.6 Å². The summed E-state index contributed by atoms with van der Waals surface area (Å²) in [5, 5.41) is 17.5. The molecule has 3 heterocycles. The van der Waals surface area contributed by atoms with Crippen molar-refractivity contribution in [2.75, 3.05) is 12.4 Å². The van der Waals surface area contributed by atoms with E-state index in [0.717, 1.165) is 4.88 Å². The van der Waals surface area contributed by atoms with Crippen LogP contribution >= 0.6 is 22.7 Å². The first-order chi connectivity index (χ1) is 8.29. The van der Waals surface area contributed by atoms with Crippen molar-refractivity contribution < 1.29 is 0 Å². The Morgan fingerprint density at radius 3 is 3.00 bits per heavy atom. The topological polar surface area (TPSA) is 72.2 Å². The first-order valence-electron chi connectivity index (χ1n) is 4.78. The zero-order chi connectivity index (χ0) is 11.8. The monoisotopic (exact) mass is 265 g/mol. The first kappa shape index (κ1) is 10.4. The number of anilines is 1. The molecule has 0 aliphatic carbocycles. The molecule has 0 saturated heterocycles. The van der Waals surface area contributed by atoms with Gasteiger partial charge >= 0.3 is 5.56 Å². The first-order valence-corrected chi connectivity index (χ1v) is 6.47. The molecule has 0 radical (unpaired) electrons. The van der Waals surface area contributed by atoms with E-state index in [9.17, 15) is 4.79 Å². The van der Waals surface area contributed by atoms with Crippen LogP contribution in [0.3, 0.4) is 0 Å². The summed E-state index contributed by atoms with van der Waals surface area (Å²) < 4.78 is 1.28. The van der Waals surface area contributed by atoms with Gasteiger partial charge in [-0.1, -0.05) is 17.4 Å². The highest BCUT2D eigenvalue weighted by atomic mass is 32.1. The van der Waals surface area contributed by atoms with E-state index in [4.69, 9.17) is 0 Å². The second kappa shape index (κ2) is 3.90. The molecule has 0 aromatic carbocycles. The van der Waals surface area contributed by atoms with Gasteiger partial charge in [0.1, 0.15) is 0 Å². The molecule has 0 saturated carbocycles. The molecule has 3 aromatic heterocycles. The van der Waals surface area contributed by atoms with E-state index in [1.807, 2.05) is 17.5 Å². The van der Waals surface area contributed by atoms with Crippen molar-refractivity contribution in [1.29, 1.82) is 0 Å². The molecule has 0 bridgehead atoms. The molecule has 3 aromatic rings. The van der Waals surface area contributed by atoms with Gasteiger partial charge in [-0.05, 0) is 11.4 Å². The number of nitrogens with one attached hydrogen (secondary N) is 1. The van der Waals surface area contributed by atoms with E-state index in [1.54, 1.807) is 7.05 Å². The largest absolute Gasteiger partial charge is 0.363 e. The van der Waals surface area contributed by atoms with Gasteiger partial charge in [-0.2, -0.15) is 4.52 Å². The second-order valence-corrected chi connectivity index (χ2v) is 5.09. The maximum absolute atomic E-state index is 12.1. The lowest BCUT2D eigenvalue weighted by Gasteiger charge is -1.93. The lowest BCUT2D eigenvalue weighted by molar-refractivity contribution is 0.862. The standard InChI is InChI=1S/C9H7N5OS2/c1-10-8-13-14-7(15)6(5-3-2-4-16-5)11-12-9(14)17-8/h2-4H,1H3,(H,10,13). The zero-order valence-corrected chi connectivity index (χ0v) is 10.4. The summed E-state index contributed by atoms with van der Waals surface area (Å²) in [6, 6.07) is 3.71. The molecule has 1 N–H and O–H groups in total. The maximum atomic E-state index is 12.1. The van der Waals surface area contributed by atoms with E-state index in [1.165, 1.54) is 27.2 Å². The number of hydrogen-bond donors (Lipinski definition) is 1. The Balaban J connectivity index is 2.29. The fraction of sp³-hybridized carbons (Fsp3) is 0.111. The Kier molecular flexibility index (Phi) is 2.37. The average Bonchev–Trinajstić information content (AvgIpc) is 2.97. The Morgan fingerprint density at radius 1 is 1.41 bits per heavy atom. The fourth-order valence-electron chi connectivity index (χ4n) is 1.38. The van der Waals surface area contributed by atoms with Gasteiger partial charge in [-0.25, -0.2) is 0 Å². The van der Waals surface area contributed by atoms with Crippen molar-refractivity contribution in [1.82, 2.24) is 19.8 Å². The van der Waals surface area contributed by atoms with Crippen LogP contribution in [0.2, 0.25) is 0 Å². The zero-order valence-electron chi connectivity index (χ0n) is 8.75. The highest BCUT2D eigenvalue weighted by Crippen LogP contribution is 2.20. The molecule has 0 spiro atoms. The average molecular weight is 265 g/mol. The van der Waals surface area contributed by atoms with Crippen LogP contribution in [0.25, 0.3) is 15.5 Å². The molecule has 17 heavy (non-hydrogen) atoms. The van der Waals surface area contributed by atoms with E-state index < -0.39 is 0 Å². The van der Waals surface area contributed by atoms with Gasteiger partial charge in [0, 0.05) is 7.05 Å². The fourth-order valence-corrected chi connectivity index (χ4v) is 2.77. The quantitative estimate of drug-likeness (QED) is 0.756. The summed E-state index contributed by atoms with van der Waals surface area (Å²) in [5.74, 6) is 0. The lowest BCUT2D eigenvalue weighted by Crippen LogP contribution is -2.18. The van der Waals surface area contributed by atoms with Crippen LogP contribution in [0.15, 0.2) is 22.3 Å². The normalized spacial score (nSPS) is 10.9. The summed E-state index contributed by atoms with van der Waals surface area (Å²) in [5.41, 5.74) is 0.0978. The number of rotatable bonds is 2. The van der Waals surface area contributed by atoms with Gasteiger partial charge in [0.2, 0.25) is 10.1 Å². The summed E-state index contributed by atoms with van der Waals surface area (Å²) in [4.78, 5) is 13.4. The number of thiophene rings is 1. The van der Waals surface area contributed by atoms with Gasteiger partial charge in [0.15, 0.2) is 5.69 Å². The van der Waals surface area contributed by atoms with Crippen LogP contribution in [-0.4, -0.2) is 26.9 Å². The van der Waals surface area contributed by atoms with Gasteiger partial charge in [0.05, 0.1) is 4.88 Å². The molecule has 6 nitrogen and oxygen atoms in total. The Bertz CT molecular complexity index is 715. The molecule has 0 aliphatic heterocycles. The molecule has 0 unspecified atom stereocenters. The summed E-state index contributed by atoms with van der Waals surface area (Å²) >= 11 is 2.74. The van der Waals surface area contributed by atoms with E-state index in [0.29, 0.717) is 15.8 Å². The maximum Gasteiger partial charge on any atom is 0.302 e. The minimum absolute atomic E-state index is 0.241. The predicted octanol–water partition coefficient (Wildman–Crippen LogP) is 1.32. The van der Waals surface area contributed by atoms with Gasteiger partial charge in [-0.3, -0.25) is 4.79 Å². The molecule has 0 fully saturated rings. The third-order valence-corrected chi connectivity index (χ3v) is 3.95. The second-order valence-electron chi connectivity index (χ2n) is 3.18. The van der Waals surface area contributed by atoms with Gasteiger partial charge in [-0.15, -0.1) is 26.6 Å². The third kappa shape index (κ3) is 1.61. The van der Waals surface area contributed by atoms with Crippen molar-refractivity contribution in [2.45, 2.75) is 0 Å². The summed E-state index contributed by atoms with van der Waals surface area (Å²) in [6.45, 7) is 0. The Hall–Kier alpha value is -1.80. The molecular formula is C9H7N5OS2. The minimum atomic E-state index is -0.241. The SMILES string of the molecule is CNc1nn2c(=O)c(-c3cccs3)nnc2s1.